The van der Waals surface area contributed by atoms with Crippen LogP contribution < -0.4 is 26.2 Å². The van der Waals surface area contributed by atoms with Crippen molar-refractivity contribution in [3.05, 3.63) is 221 Å². The summed E-state index contributed by atoms with van der Waals surface area (Å²) in [5, 5.41) is 0. The summed E-state index contributed by atoms with van der Waals surface area (Å²) in [5.74, 6) is 0. The molecule has 0 saturated carbocycles. The van der Waals surface area contributed by atoms with Crippen LogP contribution in [0.5, 0.6) is 0 Å². The van der Waals surface area contributed by atoms with E-state index in [1.165, 1.54) is 128 Å². The average molecular weight is 973 g/mol. The zero-order chi connectivity index (χ0) is 52.3. The standard InChI is InChI=1S/C72H69BN2/c1-68(2,3)46-31-36-50(37-32-46)75-62-41-47(69(4,5)6)33-38-59(62)73-60-40-45(52-23-19-25-56-54-21-15-17-27-58(54)72(12,13)66(52)56)30-39-61(60)74(63-42-48(70(7,8)9)43-64(75)67(63)73)49-34-28-44(29-35-49)51-22-18-24-55-53-20-14-16-26-57(53)71(10,11)65(51)55/h14-43H,1-13H3. The Kier molecular flexibility index (Phi) is 10.2. The van der Waals surface area contributed by atoms with Crippen molar-refractivity contribution in [1.29, 1.82) is 0 Å². The van der Waals surface area contributed by atoms with E-state index in [0.717, 1.165) is 5.69 Å². The van der Waals surface area contributed by atoms with Crippen LogP contribution >= 0.6 is 0 Å². The van der Waals surface area contributed by atoms with Crippen molar-refractivity contribution in [1.82, 2.24) is 0 Å². The van der Waals surface area contributed by atoms with Gasteiger partial charge in [-0.05, 0) is 165 Å². The molecule has 75 heavy (non-hydrogen) atoms. The van der Waals surface area contributed by atoms with Gasteiger partial charge in [0.2, 0.25) is 0 Å². The molecule has 0 saturated heterocycles. The summed E-state index contributed by atoms with van der Waals surface area (Å²) in [4.78, 5) is 5.21. The second-order valence-electron chi connectivity index (χ2n) is 26.2. The van der Waals surface area contributed by atoms with Crippen LogP contribution in [0.4, 0.5) is 34.1 Å². The van der Waals surface area contributed by atoms with Gasteiger partial charge in [0, 0.05) is 45.0 Å². The maximum absolute atomic E-state index is 2.61. The van der Waals surface area contributed by atoms with Gasteiger partial charge in [0.15, 0.2) is 0 Å². The molecule has 0 atom stereocenters. The molecular weight excluding hydrogens is 904 g/mol. The summed E-state index contributed by atoms with van der Waals surface area (Å²) in [6.07, 6.45) is 0. The fourth-order valence-corrected chi connectivity index (χ4v) is 13.7. The van der Waals surface area contributed by atoms with Gasteiger partial charge in [-0.3, -0.25) is 0 Å². The fourth-order valence-electron chi connectivity index (χ4n) is 13.7. The molecule has 0 radical (unpaired) electrons. The minimum Gasteiger partial charge on any atom is -0.311 e. The first kappa shape index (κ1) is 47.4. The molecule has 0 unspecified atom stereocenters. The number of benzene rings is 9. The van der Waals surface area contributed by atoms with E-state index in [2.05, 4.69) is 282 Å². The van der Waals surface area contributed by atoms with Crippen LogP contribution in [0.3, 0.4) is 0 Å². The highest BCUT2D eigenvalue weighted by molar-refractivity contribution is 7.00. The summed E-state index contributed by atoms with van der Waals surface area (Å²) in [5.41, 5.74) is 31.0. The Hall–Kier alpha value is -7.36. The molecule has 0 aromatic heterocycles. The number of rotatable bonds is 4. The smallest absolute Gasteiger partial charge is 0.252 e. The SMILES string of the molecule is CC(C)(C)c1ccc(N2c3cc(C(C)(C)C)ccc3B3c4cc(-c5cccc6c5C(C)(C)c5ccccc5-6)ccc4N(c4ccc(-c5cccc6c5C(C)(C)c5ccccc5-6)cc4)c4cc(C(C)(C)C)cc2c43)cc1. The van der Waals surface area contributed by atoms with Crippen LogP contribution in [-0.4, -0.2) is 6.71 Å². The Balaban J connectivity index is 1.07. The van der Waals surface area contributed by atoms with Gasteiger partial charge in [0.25, 0.3) is 6.71 Å². The molecule has 0 fully saturated rings. The molecule has 2 aliphatic carbocycles. The monoisotopic (exact) mass is 973 g/mol. The fraction of sp³-hybridized carbons (Fsp3) is 0.250. The van der Waals surface area contributed by atoms with E-state index < -0.39 is 0 Å². The van der Waals surface area contributed by atoms with Crippen molar-refractivity contribution in [3.63, 3.8) is 0 Å². The molecule has 13 rings (SSSR count). The molecule has 2 heterocycles. The summed E-state index contributed by atoms with van der Waals surface area (Å²) in [6, 6.07) is 70.7. The maximum Gasteiger partial charge on any atom is 0.252 e. The highest BCUT2D eigenvalue weighted by atomic mass is 15.2. The highest BCUT2D eigenvalue weighted by Crippen LogP contribution is 2.55. The van der Waals surface area contributed by atoms with E-state index in [1.54, 1.807) is 0 Å². The van der Waals surface area contributed by atoms with E-state index in [0.29, 0.717) is 0 Å². The van der Waals surface area contributed by atoms with Crippen LogP contribution in [0.2, 0.25) is 0 Å². The van der Waals surface area contributed by atoms with E-state index in [4.69, 9.17) is 0 Å². The van der Waals surface area contributed by atoms with Crippen molar-refractivity contribution < 1.29 is 0 Å². The summed E-state index contributed by atoms with van der Waals surface area (Å²) >= 11 is 0. The van der Waals surface area contributed by atoms with E-state index in [1.807, 2.05) is 0 Å². The Labute approximate surface area is 447 Å². The lowest BCUT2D eigenvalue weighted by Crippen LogP contribution is -2.61. The Morgan fingerprint density at radius 3 is 1.29 bits per heavy atom. The van der Waals surface area contributed by atoms with Crippen molar-refractivity contribution >= 4 is 57.2 Å². The van der Waals surface area contributed by atoms with Gasteiger partial charge in [-0.2, -0.15) is 0 Å². The molecule has 2 aliphatic heterocycles. The molecule has 9 aromatic carbocycles. The molecule has 2 nitrogen and oxygen atoms in total. The zero-order valence-corrected chi connectivity index (χ0v) is 46.3. The third kappa shape index (κ3) is 7.06. The van der Waals surface area contributed by atoms with Gasteiger partial charge in [0.05, 0.1) is 0 Å². The number of hydrogen-bond acceptors (Lipinski definition) is 2. The van der Waals surface area contributed by atoms with Gasteiger partial charge in [-0.25, -0.2) is 0 Å². The van der Waals surface area contributed by atoms with Crippen LogP contribution in [0, 0.1) is 0 Å². The quantitative estimate of drug-likeness (QED) is 0.162. The van der Waals surface area contributed by atoms with Crippen molar-refractivity contribution in [2.24, 2.45) is 0 Å². The Morgan fingerprint density at radius 1 is 0.333 bits per heavy atom. The third-order valence-electron chi connectivity index (χ3n) is 17.7. The number of nitrogens with zero attached hydrogens (tertiary/aromatic N) is 2. The summed E-state index contributed by atoms with van der Waals surface area (Å²) < 4.78 is 0. The first-order valence-electron chi connectivity index (χ1n) is 27.4. The van der Waals surface area contributed by atoms with Crippen molar-refractivity contribution in [2.75, 3.05) is 9.80 Å². The molecule has 9 aromatic rings. The second kappa shape index (κ2) is 16.1. The highest BCUT2D eigenvalue weighted by Gasteiger charge is 2.46. The molecular formula is C72H69BN2. The molecule has 0 bridgehead atoms. The first-order valence-corrected chi connectivity index (χ1v) is 27.4. The van der Waals surface area contributed by atoms with Crippen molar-refractivity contribution in [2.45, 2.75) is 117 Å². The van der Waals surface area contributed by atoms with Gasteiger partial charge >= 0.3 is 0 Å². The minimum absolute atomic E-state index is 0.0265. The van der Waals surface area contributed by atoms with Gasteiger partial charge in [0.1, 0.15) is 0 Å². The second-order valence-corrected chi connectivity index (χ2v) is 26.2. The Morgan fingerprint density at radius 2 is 0.760 bits per heavy atom. The maximum atomic E-state index is 2.61. The lowest BCUT2D eigenvalue weighted by atomic mass is 9.33. The number of hydrogen-bond donors (Lipinski definition) is 0. The predicted molar refractivity (Wildman–Crippen MR) is 323 cm³/mol. The number of fused-ring (bicyclic) bond motifs is 10. The van der Waals surface area contributed by atoms with E-state index in [-0.39, 0.29) is 33.8 Å². The van der Waals surface area contributed by atoms with Crippen LogP contribution in [-0.2, 0) is 27.1 Å². The van der Waals surface area contributed by atoms with Crippen LogP contribution in [0.25, 0.3) is 44.5 Å². The zero-order valence-electron chi connectivity index (χ0n) is 46.3. The topological polar surface area (TPSA) is 6.48 Å². The molecule has 370 valence electrons. The van der Waals surface area contributed by atoms with Crippen molar-refractivity contribution in [3.8, 4) is 44.5 Å². The lowest BCUT2D eigenvalue weighted by Gasteiger charge is -2.45. The van der Waals surface area contributed by atoms with E-state index in [9.17, 15) is 0 Å². The Bertz CT molecular complexity index is 3830. The minimum atomic E-state index is -0.157. The van der Waals surface area contributed by atoms with Gasteiger partial charge in [-0.15, -0.1) is 0 Å². The first-order chi connectivity index (χ1) is 35.6. The lowest BCUT2D eigenvalue weighted by molar-refractivity contribution is 0.589. The molecule has 3 heteroatoms. The van der Waals surface area contributed by atoms with Crippen LogP contribution in [0.1, 0.15) is 129 Å². The molecule has 0 amide bonds. The summed E-state index contributed by atoms with van der Waals surface area (Å²) in [6.45, 7) is 30.7. The molecule has 4 aliphatic rings. The van der Waals surface area contributed by atoms with Gasteiger partial charge in [-0.1, -0.05) is 223 Å². The molecule has 0 N–H and O–H groups in total. The summed E-state index contributed by atoms with van der Waals surface area (Å²) in [7, 11) is 0. The normalized spacial score (nSPS) is 15.4. The average Bonchev–Trinajstić information content (AvgIpc) is 3.78. The predicted octanol–water partition coefficient (Wildman–Crippen LogP) is 17.6. The van der Waals surface area contributed by atoms with Crippen LogP contribution in [0.15, 0.2) is 182 Å². The van der Waals surface area contributed by atoms with Gasteiger partial charge < -0.3 is 9.80 Å². The third-order valence-corrected chi connectivity index (χ3v) is 17.7. The molecule has 0 spiro atoms. The number of anilines is 6. The largest absolute Gasteiger partial charge is 0.311 e. The van der Waals surface area contributed by atoms with E-state index >= 15 is 0 Å².